The van der Waals surface area contributed by atoms with Crippen LogP contribution in [0.3, 0.4) is 0 Å². The maximum Gasteiger partial charge on any atom is 0.255 e. The minimum Gasteiger partial charge on any atom is -0.322 e. The summed E-state index contributed by atoms with van der Waals surface area (Å²) in [5.41, 5.74) is 2.37. The molecule has 130 valence electrons. The lowest BCUT2D eigenvalue weighted by molar-refractivity contribution is 0.102. The van der Waals surface area contributed by atoms with Crippen molar-refractivity contribution < 1.29 is 13.2 Å². The minimum atomic E-state index is -3.76. The van der Waals surface area contributed by atoms with Crippen LogP contribution in [0.25, 0.3) is 11.0 Å². The number of amides is 1. The summed E-state index contributed by atoms with van der Waals surface area (Å²) in [4.78, 5) is 12.4. The molecule has 0 saturated carbocycles. The van der Waals surface area contributed by atoms with Crippen LogP contribution in [0.15, 0.2) is 47.4 Å². The van der Waals surface area contributed by atoms with Crippen molar-refractivity contribution in [1.29, 1.82) is 0 Å². The molecule has 0 fully saturated rings. The molecule has 0 atom stereocenters. The molecule has 1 heterocycles. The fourth-order valence-electron chi connectivity index (χ4n) is 2.40. The first-order valence-corrected chi connectivity index (χ1v) is 9.09. The van der Waals surface area contributed by atoms with Gasteiger partial charge < -0.3 is 5.32 Å². The van der Waals surface area contributed by atoms with Crippen molar-refractivity contribution in [2.45, 2.75) is 24.8 Å². The smallest absolute Gasteiger partial charge is 0.255 e. The van der Waals surface area contributed by atoms with Crippen molar-refractivity contribution >= 4 is 32.7 Å². The number of benzene rings is 2. The number of carbonyl (C=O) groups excluding carboxylic acids is 1. The Labute approximate surface area is 144 Å². The molecule has 0 bridgehead atoms. The van der Waals surface area contributed by atoms with E-state index < -0.39 is 10.0 Å². The topological polar surface area (TPSA) is 120 Å². The van der Waals surface area contributed by atoms with Crippen molar-refractivity contribution in [1.82, 2.24) is 15.0 Å². The molecule has 0 unspecified atom stereocenters. The first kappa shape index (κ1) is 17.1. The first-order valence-electron chi connectivity index (χ1n) is 7.55. The molecule has 1 aromatic heterocycles. The lowest BCUT2D eigenvalue weighted by Gasteiger charge is -2.07. The average Bonchev–Trinajstić information content (AvgIpc) is 2.97. The van der Waals surface area contributed by atoms with Crippen LogP contribution in [0.2, 0.25) is 0 Å². The molecule has 0 aliphatic carbocycles. The van der Waals surface area contributed by atoms with E-state index in [2.05, 4.69) is 15.6 Å². The normalized spacial score (nSPS) is 11.8. The predicted octanol–water partition coefficient (Wildman–Crippen LogP) is 1.91. The van der Waals surface area contributed by atoms with Gasteiger partial charge in [-0.05, 0) is 56.3 Å². The van der Waals surface area contributed by atoms with Gasteiger partial charge in [0.15, 0.2) is 0 Å². The highest BCUT2D eigenvalue weighted by Gasteiger charge is 2.13. The molecule has 3 rings (SSSR count). The Kier molecular flexibility index (Phi) is 4.27. The number of primary sulfonamides is 1. The number of fused-ring (bicyclic) bond motifs is 1. The van der Waals surface area contributed by atoms with E-state index in [4.69, 9.17) is 5.14 Å². The van der Waals surface area contributed by atoms with E-state index >= 15 is 0 Å². The number of anilines is 1. The summed E-state index contributed by atoms with van der Waals surface area (Å²) in [7, 11) is -3.76. The second kappa shape index (κ2) is 6.26. The van der Waals surface area contributed by atoms with Gasteiger partial charge in [0.1, 0.15) is 5.52 Å². The molecule has 8 nitrogen and oxygen atoms in total. The Bertz CT molecular complexity index is 1040. The standard InChI is InChI=1S/C16H17N5O3S/c1-10(2)21-15-8-3-11(9-14(15)19-20-21)16(22)18-12-4-6-13(7-5-12)25(17,23)24/h3-10H,1-2H3,(H,18,22)(H2,17,23,24). The van der Waals surface area contributed by atoms with Crippen LogP contribution in [0.5, 0.6) is 0 Å². The number of hydrogen-bond donors (Lipinski definition) is 2. The van der Waals surface area contributed by atoms with Crippen LogP contribution in [-0.4, -0.2) is 29.3 Å². The minimum absolute atomic E-state index is 0.0165. The maximum absolute atomic E-state index is 12.4. The number of aromatic nitrogens is 3. The molecule has 0 saturated heterocycles. The number of nitrogens with two attached hydrogens (primary N) is 1. The quantitative estimate of drug-likeness (QED) is 0.737. The highest BCUT2D eigenvalue weighted by molar-refractivity contribution is 7.89. The highest BCUT2D eigenvalue weighted by atomic mass is 32.2. The van der Waals surface area contributed by atoms with Gasteiger partial charge in [0, 0.05) is 17.3 Å². The van der Waals surface area contributed by atoms with Gasteiger partial charge in [0.05, 0.1) is 10.4 Å². The fraction of sp³-hybridized carbons (Fsp3) is 0.188. The fourth-order valence-corrected chi connectivity index (χ4v) is 2.91. The van der Waals surface area contributed by atoms with Gasteiger partial charge in [-0.25, -0.2) is 18.2 Å². The molecule has 3 aromatic rings. The number of nitrogens with zero attached hydrogens (tertiary/aromatic N) is 3. The molecule has 0 aliphatic heterocycles. The van der Waals surface area contributed by atoms with Crippen LogP contribution in [0, 0.1) is 0 Å². The van der Waals surface area contributed by atoms with Gasteiger partial charge in [0.25, 0.3) is 5.91 Å². The van der Waals surface area contributed by atoms with Gasteiger partial charge in [-0.1, -0.05) is 5.21 Å². The summed E-state index contributed by atoms with van der Waals surface area (Å²) >= 11 is 0. The third-order valence-electron chi connectivity index (χ3n) is 3.66. The second-order valence-electron chi connectivity index (χ2n) is 5.85. The number of carbonyl (C=O) groups is 1. The van der Waals surface area contributed by atoms with Gasteiger partial charge in [0.2, 0.25) is 10.0 Å². The van der Waals surface area contributed by atoms with E-state index in [1.165, 1.54) is 24.3 Å². The Hall–Kier alpha value is -2.78. The van der Waals surface area contributed by atoms with Crippen LogP contribution in [-0.2, 0) is 10.0 Å². The molecule has 1 amide bonds. The molecular formula is C16H17N5O3S. The monoisotopic (exact) mass is 359 g/mol. The number of nitrogens with one attached hydrogen (secondary N) is 1. The van der Waals surface area contributed by atoms with Gasteiger partial charge in [-0.15, -0.1) is 5.10 Å². The number of sulfonamides is 1. The third-order valence-corrected chi connectivity index (χ3v) is 4.59. The third kappa shape index (κ3) is 3.52. The van der Waals surface area contributed by atoms with Crippen LogP contribution in [0.4, 0.5) is 5.69 Å². The zero-order valence-electron chi connectivity index (χ0n) is 13.7. The number of hydrogen-bond acceptors (Lipinski definition) is 5. The van der Waals surface area contributed by atoms with Gasteiger partial charge in [-0.3, -0.25) is 4.79 Å². The first-order chi connectivity index (χ1) is 11.8. The molecule has 0 aliphatic rings. The van der Waals surface area contributed by atoms with Crippen molar-refractivity contribution in [3.8, 4) is 0 Å². The summed E-state index contributed by atoms with van der Waals surface area (Å²) in [6.07, 6.45) is 0. The zero-order valence-corrected chi connectivity index (χ0v) is 14.5. The van der Waals surface area contributed by atoms with Crippen molar-refractivity contribution in [3.63, 3.8) is 0 Å². The summed E-state index contributed by atoms with van der Waals surface area (Å²) in [5.74, 6) is -0.329. The van der Waals surface area contributed by atoms with E-state index in [-0.39, 0.29) is 16.8 Å². The summed E-state index contributed by atoms with van der Waals surface area (Å²) in [5, 5.41) is 15.9. The Balaban J connectivity index is 1.82. The Morgan fingerprint density at radius 3 is 2.44 bits per heavy atom. The molecule has 9 heteroatoms. The average molecular weight is 359 g/mol. The lowest BCUT2D eigenvalue weighted by atomic mass is 10.1. The van der Waals surface area contributed by atoms with Crippen molar-refractivity contribution in [3.05, 3.63) is 48.0 Å². The largest absolute Gasteiger partial charge is 0.322 e. The molecule has 0 spiro atoms. The van der Waals surface area contributed by atoms with E-state index in [0.29, 0.717) is 16.8 Å². The van der Waals surface area contributed by atoms with Crippen LogP contribution >= 0.6 is 0 Å². The summed E-state index contributed by atoms with van der Waals surface area (Å²) in [6, 6.07) is 10.9. The van der Waals surface area contributed by atoms with Crippen LogP contribution in [0.1, 0.15) is 30.2 Å². The molecule has 3 N–H and O–H groups in total. The lowest BCUT2D eigenvalue weighted by Crippen LogP contribution is -2.14. The molecule has 25 heavy (non-hydrogen) atoms. The van der Waals surface area contributed by atoms with Crippen molar-refractivity contribution in [2.75, 3.05) is 5.32 Å². The Morgan fingerprint density at radius 1 is 1.16 bits per heavy atom. The van der Waals surface area contributed by atoms with Gasteiger partial charge in [-0.2, -0.15) is 0 Å². The summed E-state index contributed by atoms with van der Waals surface area (Å²) < 4.78 is 24.3. The second-order valence-corrected chi connectivity index (χ2v) is 7.42. The maximum atomic E-state index is 12.4. The van der Waals surface area contributed by atoms with E-state index in [9.17, 15) is 13.2 Å². The molecule has 2 aromatic carbocycles. The molecule has 0 radical (unpaired) electrons. The van der Waals surface area contributed by atoms with Crippen molar-refractivity contribution in [2.24, 2.45) is 5.14 Å². The zero-order chi connectivity index (χ0) is 18.2. The van der Waals surface area contributed by atoms with E-state index in [1.54, 1.807) is 22.9 Å². The molecular weight excluding hydrogens is 342 g/mol. The highest BCUT2D eigenvalue weighted by Crippen LogP contribution is 2.18. The van der Waals surface area contributed by atoms with E-state index in [0.717, 1.165) is 5.52 Å². The summed E-state index contributed by atoms with van der Waals surface area (Å²) in [6.45, 7) is 4.00. The SMILES string of the molecule is CC(C)n1nnc2cc(C(=O)Nc3ccc(S(N)(=O)=O)cc3)ccc21. The van der Waals surface area contributed by atoms with E-state index in [1.807, 2.05) is 13.8 Å². The predicted molar refractivity (Wildman–Crippen MR) is 93.7 cm³/mol. The Morgan fingerprint density at radius 2 is 1.84 bits per heavy atom. The van der Waals surface area contributed by atoms with Crippen LogP contribution < -0.4 is 10.5 Å². The number of rotatable bonds is 4. The van der Waals surface area contributed by atoms with Gasteiger partial charge >= 0.3 is 0 Å².